The zero-order valence-electron chi connectivity index (χ0n) is 14.4. The molecule has 21 heavy (non-hydrogen) atoms. The van der Waals surface area contributed by atoms with E-state index < -0.39 is 0 Å². The summed E-state index contributed by atoms with van der Waals surface area (Å²) in [4.78, 5) is 0. The van der Waals surface area contributed by atoms with Gasteiger partial charge in [-0.3, -0.25) is 0 Å². The highest BCUT2D eigenvalue weighted by molar-refractivity contribution is 6.47. The van der Waals surface area contributed by atoms with Gasteiger partial charge in [-0.2, -0.15) is 0 Å². The zero-order valence-corrected chi connectivity index (χ0v) is 14.4. The van der Waals surface area contributed by atoms with Gasteiger partial charge in [0, 0.05) is 0 Å². The van der Waals surface area contributed by atoms with E-state index in [1.165, 1.54) is 19.3 Å². The van der Waals surface area contributed by atoms with Crippen LogP contribution in [0.3, 0.4) is 0 Å². The van der Waals surface area contributed by atoms with Crippen molar-refractivity contribution < 1.29 is 9.31 Å². The van der Waals surface area contributed by atoms with Crippen LogP contribution >= 0.6 is 0 Å². The fourth-order valence-electron chi connectivity index (χ4n) is 5.04. The van der Waals surface area contributed by atoms with Crippen molar-refractivity contribution in [3.63, 3.8) is 0 Å². The van der Waals surface area contributed by atoms with Crippen LogP contribution in [-0.4, -0.2) is 18.8 Å². The van der Waals surface area contributed by atoms with Crippen molar-refractivity contribution in [1.29, 1.82) is 0 Å². The van der Waals surface area contributed by atoms with Crippen LogP contribution in [0.2, 0.25) is 5.82 Å². The molecule has 1 saturated heterocycles. The normalized spacial score (nSPS) is 42.9. The quantitative estimate of drug-likeness (QED) is 0.539. The van der Waals surface area contributed by atoms with Crippen molar-refractivity contribution in [1.82, 2.24) is 0 Å². The van der Waals surface area contributed by atoms with Gasteiger partial charge in [0.25, 0.3) is 0 Å². The summed E-state index contributed by atoms with van der Waals surface area (Å²) >= 11 is 0. The standard InChI is InChI=1S/C18H31BO2/c1-7-8-9-12(2)13(3)19-20-16-11-14-10-15(17(14,4)5)18(16,6)21-19/h7,12-16H,1,8-11H2,2-6H3/t12-,13+,14+,15+,16-,18+/m0/s1. The maximum absolute atomic E-state index is 6.55. The van der Waals surface area contributed by atoms with Crippen LogP contribution in [0.25, 0.3) is 0 Å². The molecule has 0 aromatic heterocycles. The number of hydrogen-bond acceptors (Lipinski definition) is 2. The maximum atomic E-state index is 6.55. The van der Waals surface area contributed by atoms with Gasteiger partial charge < -0.3 is 9.31 Å². The highest BCUT2D eigenvalue weighted by Gasteiger charge is 2.68. The van der Waals surface area contributed by atoms with Gasteiger partial charge in [0.05, 0.1) is 11.7 Å². The van der Waals surface area contributed by atoms with E-state index in [1.54, 1.807) is 0 Å². The second kappa shape index (κ2) is 5.13. The molecule has 0 aromatic carbocycles. The minimum atomic E-state index is -0.0602. The molecule has 3 saturated carbocycles. The molecule has 4 fully saturated rings. The Morgan fingerprint density at radius 3 is 2.62 bits per heavy atom. The van der Waals surface area contributed by atoms with Crippen LogP contribution < -0.4 is 0 Å². The highest BCUT2D eigenvalue weighted by atomic mass is 16.7. The van der Waals surface area contributed by atoms with Gasteiger partial charge in [-0.1, -0.05) is 33.8 Å². The lowest BCUT2D eigenvalue weighted by Crippen LogP contribution is -2.65. The molecule has 1 aliphatic heterocycles. The Balaban J connectivity index is 1.69. The SMILES string of the molecule is C=CCC[C@H](C)[C@@H](C)B1O[C@H]2C[C@H]3C[C@H](C3(C)C)[C@@]2(C)O1. The smallest absolute Gasteiger partial charge is 0.405 e. The molecule has 3 heteroatoms. The lowest BCUT2D eigenvalue weighted by Gasteiger charge is -2.64. The van der Waals surface area contributed by atoms with E-state index in [4.69, 9.17) is 9.31 Å². The van der Waals surface area contributed by atoms with Gasteiger partial charge in [-0.05, 0) is 61.6 Å². The number of hydrogen-bond donors (Lipinski definition) is 0. The van der Waals surface area contributed by atoms with Gasteiger partial charge in [0.2, 0.25) is 0 Å². The molecule has 118 valence electrons. The molecule has 1 heterocycles. The molecule has 0 N–H and O–H groups in total. The van der Waals surface area contributed by atoms with E-state index in [0.717, 1.165) is 12.3 Å². The van der Waals surface area contributed by atoms with Gasteiger partial charge in [0.15, 0.2) is 0 Å². The van der Waals surface area contributed by atoms with Gasteiger partial charge in [-0.15, -0.1) is 6.58 Å². The second-order valence-electron chi connectivity index (χ2n) is 8.54. The molecule has 0 unspecified atom stereocenters. The van der Waals surface area contributed by atoms with Crippen LogP contribution in [0.1, 0.15) is 60.3 Å². The van der Waals surface area contributed by atoms with E-state index in [9.17, 15) is 0 Å². The molecule has 4 rings (SSSR count). The molecule has 2 nitrogen and oxygen atoms in total. The monoisotopic (exact) mass is 290 g/mol. The first-order valence-electron chi connectivity index (χ1n) is 8.75. The summed E-state index contributed by atoms with van der Waals surface area (Å²) in [5.41, 5.74) is 0.372. The number of rotatable bonds is 5. The van der Waals surface area contributed by atoms with Crippen molar-refractivity contribution in [3.8, 4) is 0 Å². The molecular weight excluding hydrogens is 259 g/mol. The van der Waals surface area contributed by atoms with Crippen LogP contribution in [0.15, 0.2) is 12.7 Å². The van der Waals surface area contributed by atoms with E-state index in [0.29, 0.717) is 29.2 Å². The highest BCUT2D eigenvalue weighted by Crippen LogP contribution is 2.66. The zero-order chi connectivity index (χ0) is 15.4. The Morgan fingerprint density at radius 1 is 1.29 bits per heavy atom. The van der Waals surface area contributed by atoms with Crippen molar-refractivity contribution in [2.75, 3.05) is 0 Å². The van der Waals surface area contributed by atoms with Crippen LogP contribution in [0, 0.1) is 23.2 Å². The molecule has 0 aromatic rings. The van der Waals surface area contributed by atoms with Crippen molar-refractivity contribution in [3.05, 3.63) is 12.7 Å². The summed E-state index contributed by atoms with van der Waals surface area (Å²) in [5.74, 6) is 2.55. The maximum Gasteiger partial charge on any atom is 0.460 e. The molecular formula is C18H31BO2. The van der Waals surface area contributed by atoms with Gasteiger partial charge >= 0.3 is 7.12 Å². The Kier molecular flexibility index (Phi) is 3.81. The predicted octanol–water partition coefficient (Wildman–Crippen LogP) is 4.71. The summed E-state index contributed by atoms with van der Waals surface area (Å²) < 4.78 is 12.9. The molecule has 0 amide bonds. The third-order valence-corrected chi connectivity index (χ3v) is 7.12. The van der Waals surface area contributed by atoms with Crippen LogP contribution in [0.5, 0.6) is 0 Å². The molecule has 4 aliphatic rings. The molecule has 0 radical (unpaired) electrons. The van der Waals surface area contributed by atoms with E-state index >= 15 is 0 Å². The first-order chi connectivity index (χ1) is 9.80. The minimum Gasteiger partial charge on any atom is -0.405 e. The Bertz CT molecular complexity index is 421. The summed E-state index contributed by atoms with van der Waals surface area (Å²) in [6, 6.07) is 0. The second-order valence-corrected chi connectivity index (χ2v) is 8.54. The predicted molar refractivity (Wildman–Crippen MR) is 88.1 cm³/mol. The lowest BCUT2D eigenvalue weighted by atomic mass is 9.43. The first-order valence-corrected chi connectivity index (χ1v) is 8.75. The first kappa shape index (κ1) is 15.6. The summed E-state index contributed by atoms with van der Waals surface area (Å²) in [6.45, 7) is 15.6. The van der Waals surface area contributed by atoms with Crippen LogP contribution in [-0.2, 0) is 9.31 Å². The average molecular weight is 290 g/mol. The lowest BCUT2D eigenvalue weighted by molar-refractivity contribution is -0.199. The van der Waals surface area contributed by atoms with Crippen LogP contribution in [0.4, 0.5) is 0 Å². The molecule has 2 bridgehead atoms. The summed E-state index contributed by atoms with van der Waals surface area (Å²) in [7, 11) is -0.0186. The Morgan fingerprint density at radius 2 is 2.00 bits per heavy atom. The van der Waals surface area contributed by atoms with E-state index in [2.05, 4.69) is 41.2 Å². The third kappa shape index (κ3) is 2.23. The Hall–Kier alpha value is -0.275. The van der Waals surface area contributed by atoms with Crippen molar-refractivity contribution in [2.24, 2.45) is 23.2 Å². The molecule has 3 aliphatic carbocycles. The van der Waals surface area contributed by atoms with Gasteiger partial charge in [0.1, 0.15) is 0 Å². The molecule has 6 atom stereocenters. The number of allylic oxidation sites excluding steroid dienone is 1. The Labute approximate surface area is 130 Å². The van der Waals surface area contributed by atoms with Gasteiger partial charge in [-0.25, -0.2) is 0 Å². The topological polar surface area (TPSA) is 18.5 Å². The summed E-state index contributed by atoms with van der Waals surface area (Å²) in [5, 5.41) is 0. The fourth-order valence-corrected chi connectivity index (χ4v) is 5.04. The third-order valence-electron chi connectivity index (χ3n) is 7.12. The summed E-state index contributed by atoms with van der Waals surface area (Å²) in [6.07, 6.45) is 7.09. The molecule has 0 spiro atoms. The minimum absolute atomic E-state index is 0.0186. The largest absolute Gasteiger partial charge is 0.460 e. The fraction of sp³-hybridized carbons (Fsp3) is 0.889. The average Bonchev–Trinajstić information content (AvgIpc) is 2.80. The van der Waals surface area contributed by atoms with Crippen molar-refractivity contribution in [2.45, 2.75) is 77.8 Å². The van der Waals surface area contributed by atoms with E-state index in [1.807, 2.05) is 6.08 Å². The van der Waals surface area contributed by atoms with Crippen molar-refractivity contribution >= 4 is 7.12 Å². The van der Waals surface area contributed by atoms with E-state index in [-0.39, 0.29) is 12.7 Å².